The van der Waals surface area contributed by atoms with Gasteiger partial charge in [0.2, 0.25) is 0 Å². The van der Waals surface area contributed by atoms with E-state index in [1.54, 1.807) is 31.4 Å². The third kappa shape index (κ3) is 6.71. The molecular weight excluding hydrogens is 460 g/mol. The zero-order valence-electron chi connectivity index (χ0n) is 20.9. The van der Waals surface area contributed by atoms with Gasteiger partial charge in [-0.3, -0.25) is 19.7 Å². The number of furan rings is 1. The van der Waals surface area contributed by atoms with Gasteiger partial charge in [0.1, 0.15) is 5.76 Å². The van der Waals surface area contributed by atoms with Crippen LogP contribution in [0.2, 0.25) is 0 Å². The zero-order chi connectivity index (χ0) is 26.1. The molecule has 9 heteroatoms. The Morgan fingerprint density at radius 3 is 2.53 bits per heavy atom. The number of benzene rings is 2. The Hall–Kier alpha value is -4.14. The monoisotopic (exact) mass is 492 g/mol. The second kappa shape index (κ2) is 12.5. The maximum Gasteiger partial charge on any atom is 0.273 e. The summed E-state index contributed by atoms with van der Waals surface area (Å²) in [4.78, 5) is 38.8. The van der Waals surface area contributed by atoms with E-state index in [0.717, 1.165) is 37.3 Å². The van der Waals surface area contributed by atoms with Crippen LogP contribution in [-0.2, 0) is 6.54 Å². The van der Waals surface area contributed by atoms with E-state index in [4.69, 9.17) is 4.42 Å². The third-order valence-electron chi connectivity index (χ3n) is 5.75. The maximum atomic E-state index is 13.1. The summed E-state index contributed by atoms with van der Waals surface area (Å²) in [5, 5.41) is 17.0. The van der Waals surface area contributed by atoms with Crippen LogP contribution in [0, 0.1) is 17.0 Å². The number of nitro benzene ring substituents is 1. The fourth-order valence-electron chi connectivity index (χ4n) is 3.78. The van der Waals surface area contributed by atoms with Crippen molar-refractivity contribution in [2.24, 2.45) is 0 Å². The number of amides is 2. The smallest absolute Gasteiger partial charge is 0.273 e. The first-order chi connectivity index (χ1) is 17.3. The Bertz CT molecular complexity index is 1210. The fourth-order valence-corrected chi connectivity index (χ4v) is 3.78. The van der Waals surface area contributed by atoms with E-state index < -0.39 is 10.8 Å². The van der Waals surface area contributed by atoms with E-state index in [-0.39, 0.29) is 17.2 Å². The number of carbonyl (C=O) groups is 2. The largest absolute Gasteiger partial charge is 0.467 e. The lowest BCUT2D eigenvalue weighted by Crippen LogP contribution is -2.30. The summed E-state index contributed by atoms with van der Waals surface area (Å²) >= 11 is 0. The summed E-state index contributed by atoms with van der Waals surface area (Å²) in [7, 11) is 0. The normalized spacial score (nSPS) is 10.6. The van der Waals surface area contributed by atoms with Gasteiger partial charge < -0.3 is 20.0 Å². The van der Waals surface area contributed by atoms with Crippen LogP contribution < -0.4 is 15.5 Å². The van der Waals surface area contributed by atoms with Crippen molar-refractivity contribution in [3.05, 3.63) is 87.4 Å². The molecule has 0 unspecified atom stereocenters. The Labute approximate surface area is 210 Å². The first-order valence-electron chi connectivity index (χ1n) is 12.1. The van der Waals surface area contributed by atoms with Gasteiger partial charge in [-0.05, 0) is 56.2 Å². The zero-order valence-corrected chi connectivity index (χ0v) is 20.9. The molecule has 0 saturated carbocycles. The molecule has 0 aliphatic rings. The number of unbranched alkanes of at least 4 members (excludes halogenated alkanes) is 1. The van der Waals surface area contributed by atoms with Gasteiger partial charge in [-0.2, -0.15) is 0 Å². The van der Waals surface area contributed by atoms with Gasteiger partial charge in [-0.1, -0.05) is 26.3 Å². The Balaban J connectivity index is 1.94. The number of anilines is 2. The average Bonchev–Trinajstić information content (AvgIpc) is 3.38. The lowest BCUT2D eigenvalue weighted by Gasteiger charge is -2.26. The number of nitrogens with one attached hydrogen (secondary N) is 2. The van der Waals surface area contributed by atoms with Gasteiger partial charge in [0, 0.05) is 36.0 Å². The molecule has 1 aromatic heterocycles. The molecule has 190 valence electrons. The van der Waals surface area contributed by atoms with E-state index >= 15 is 0 Å². The topological polar surface area (TPSA) is 118 Å². The summed E-state index contributed by atoms with van der Waals surface area (Å²) in [5.74, 6) is 0.0448. The van der Waals surface area contributed by atoms with Crippen LogP contribution in [0.15, 0.2) is 59.2 Å². The second-order valence-corrected chi connectivity index (χ2v) is 8.55. The van der Waals surface area contributed by atoms with Crippen LogP contribution in [0.3, 0.4) is 0 Å². The van der Waals surface area contributed by atoms with Crippen molar-refractivity contribution in [3.8, 4) is 0 Å². The van der Waals surface area contributed by atoms with Crippen LogP contribution in [0.25, 0.3) is 0 Å². The van der Waals surface area contributed by atoms with Crippen molar-refractivity contribution < 1.29 is 18.9 Å². The van der Waals surface area contributed by atoms with Crippen LogP contribution in [0.1, 0.15) is 65.1 Å². The highest BCUT2D eigenvalue weighted by atomic mass is 16.6. The molecule has 0 spiro atoms. The molecule has 0 saturated heterocycles. The molecule has 3 aromatic rings. The number of rotatable bonds is 12. The number of hydrogen-bond donors (Lipinski definition) is 2. The molecule has 36 heavy (non-hydrogen) atoms. The van der Waals surface area contributed by atoms with Gasteiger partial charge in [0.05, 0.1) is 29.0 Å². The van der Waals surface area contributed by atoms with Crippen molar-refractivity contribution in [3.63, 3.8) is 0 Å². The van der Waals surface area contributed by atoms with Crippen LogP contribution in [-0.4, -0.2) is 29.8 Å². The predicted octanol–water partition coefficient (Wildman–Crippen LogP) is 5.70. The number of carbonyl (C=O) groups excluding carboxylic acids is 2. The molecule has 0 aliphatic heterocycles. The number of nitro groups is 1. The van der Waals surface area contributed by atoms with E-state index in [1.165, 1.54) is 12.1 Å². The van der Waals surface area contributed by atoms with Crippen molar-refractivity contribution >= 4 is 28.9 Å². The summed E-state index contributed by atoms with van der Waals surface area (Å²) in [6.45, 7) is 7.45. The SMILES string of the molecule is CCCCN(Cc1ccco1)c1ccc(NC(=O)c2ccc(C)c([N+](=O)[O-])c2)cc1C(=O)NCCC. The van der Waals surface area contributed by atoms with Gasteiger partial charge in [0.25, 0.3) is 17.5 Å². The van der Waals surface area contributed by atoms with Gasteiger partial charge in [0.15, 0.2) is 0 Å². The first kappa shape index (κ1) is 26.5. The summed E-state index contributed by atoms with van der Waals surface area (Å²) in [5.41, 5.74) is 2.09. The Morgan fingerprint density at radius 1 is 1.06 bits per heavy atom. The minimum Gasteiger partial charge on any atom is -0.467 e. The van der Waals surface area contributed by atoms with Gasteiger partial charge >= 0.3 is 0 Å². The molecule has 1 heterocycles. The standard InChI is InChI=1S/C27H32N4O5/c1-4-6-14-30(18-22-8-7-15-36-22)24-12-11-21(17-23(24)27(33)28-13-5-2)29-26(32)20-10-9-19(3)25(16-20)31(34)35/h7-12,15-17H,4-6,13-14,18H2,1-3H3,(H,28,33)(H,29,32). The molecule has 3 rings (SSSR count). The molecule has 0 bridgehead atoms. The highest BCUT2D eigenvalue weighted by Gasteiger charge is 2.20. The van der Waals surface area contributed by atoms with E-state index in [9.17, 15) is 19.7 Å². The lowest BCUT2D eigenvalue weighted by molar-refractivity contribution is -0.385. The summed E-state index contributed by atoms with van der Waals surface area (Å²) in [6, 6.07) is 13.2. The van der Waals surface area contributed by atoms with Crippen LogP contribution >= 0.6 is 0 Å². The number of aryl methyl sites for hydroxylation is 1. The van der Waals surface area contributed by atoms with E-state index in [0.29, 0.717) is 29.9 Å². The summed E-state index contributed by atoms with van der Waals surface area (Å²) in [6.07, 6.45) is 4.33. The minimum atomic E-state index is -0.513. The van der Waals surface area contributed by atoms with Gasteiger partial charge in [-0.25, -0.2) is 0 Å². The lowest BCUT2D eigenvalue weighted by atomic mass is 10.1. The molecule has 0 aliphatic carbocycles. The molecule has 2 aromatic carbocycles. The van der Waals surface area contributed by atoms with E-state index in [1.807, 2.05) is 25.1 Å². The molecular formula is C27H32N4O5. The van der Waals surface area contributed by atoms with Crippen molar-refractivity contribution in [2.45, 2.75) is 46.6 Å². The molecule has 0 radical (unpaired) electrons. The minimum absolute atomic E-state index is 0.123. The second-order valence-electron chi connectivity index (χ2n) is 8.55. The maximum absolute atomic E-state index is 13.1. The number of hydrogen-bond acceptors (Lipinski definition) is 6. The van der Waals surface area contributed by atoms with Crippen molar-refractivity contribution in [1.29, 1.82) is 0 Å². The fraction of sp³-hybridized carbons (Fsp3) is 0.333. The number of nitrogens with zero attached hydrogens (tertiary/aromatic N) is 2. The highest BCUT2D eigenvalue weighted by molar-refractivity contribution is 6.06. The molecule has 0 atom stereocenters. The average molecular weight is 493 g/mol. The van der Waals surface area contributed by atoms with Gasteiger partial charge in [-0.15, -0.1) is 0 Å². The Kier molecular flexibility index (Phi) is 9.21. The Morgan fingerprint density at radius 2 is 1.86 bits per heavy atom. The molecule has 9 nitrogen and oxygen atoms in total. The molecule has 2 amide bonds. The van der Waals surface area contributed by atoms with Crippen molar-refractivity contribution in [2.75, 3.05) is 23.3 Å². The first-order valence-corrected chi connectivity index (χ1v) is 12.1. The van der Waals surface area contributed by atoms with Crippen LogP contribution in [0.4, 0.5) is 17.1 Å². The molecule has 2 N–H and O–H groups in total. The quantitative estimate of drug-likeness (QED) is 0.248. The molecule has 0 fully saturated rings. The summed E-state index contributed by atoms with van der Waals surface area (Å²) < 4.78 is 5.54. The third-order valence-corrected chi connectivity index (χ3v) is 5.75. The van der Waals surface area contributed by atoms with Crippen LogP contribution in [0.5, 0.6) is 0 Å². The van der Waals surface area contributed by atoms with E-state index in [2.05, 4.69) is 22.5 Å². The predicted molar refractivity (Wildman–Crippen MR) is 140 cm³/mol. The highest BCUT2D eigenvalue weighted by Crippen LogP contribution is 2.28. The van der Waals surface area contributed by atoms with Crippen molar-refractivity contribution in [1.82, 2.24) is 5.32 Å².